The van der Waals surface area contributed by atoms with Crippen LogP contribution in [0.3, 0.4) is 0 Å². The van der Waals surface area contributed by atoms with Crippen molar-refractivity contribution in [2.75, 3.05) is 25.0 Å². The van der Waals surface area contributed by atoms with Gasteiger partial charge in [0.05, 0.1) is 18.6 Å². The highest BCUT2D eigenvalue weighted by Crippen LogP contribution is 2.29. The Kier molecular flexibility index (Phi) is 3.55. The molecule has 1 unspecified atom stereocenters. The number of hydrogen-bond donors (Lipinski definition) is 2. The van der Waals surface area contributed by atoms with Crippen LogP contribution in [0.5, 0.6) is 0 Å². The van der Waals surface area contributed by atoms with Gasteiger partial charge in [0.1, 0.15) is 5.52 Å². The molecule has 6 nitrogen and oxygen atoms in total. The molecule has 1 amide bonds. The lowest BCUT2D eigenvalue weighted by Crippen LogP contribution is -2.50. The maximum absolute atomic E-state index is 11.5. The molecule has 2 N–H and O–H groups in total. The molecule has 1 aliphatic rings. The van der Waals surface area contributed by atoms with Crippen LogP contribution in [0.2, 0.25) is 0 Å². The van der Waals surface area contributed by atoms with Gasteiger partial charge in [-0.3, -0.25) is 4.79 Å². The van der Waals surface area contributed by atoms with Gasteiger partial charge in [0.15, 0.2) is 5.58 Å². The van der Waals surface area contributed by atoms with E-state index in [0.29, 0.717) is 19.0 Å². The summed E-state index contributed by atoms with van der Waals surface area (Å²) in [6.07, 6.45) is 1.50. The highest BCUT2D eigenvalue weighted by Gasteiger charge is 2.36. The Morgan fingerprint density at radius 2 is 2.33 bits per heavy atom. The number of β-amino-alcohol motifs (C(OH)–C–C–N with tert-alkyl or cyclic N) is 1. The number of fused-ring (bicyclic) bond motifs is 1. The average Bonchev–Trinajstić information content (AvgIpc) is 2.90. The van der Waals surface area contributed by atoms with Crippen molar-refractivity contribution in [3.05, 3.63) is 24.3 Å². The maximum atomic E-state index is 11.5. The first-order chi connectivity index (χ1) is 10.1. The number of piperidine rings is 1. The molecule has 112 valence electrons. The minimum absolute atomic E-state index is 0.0974. The number of benzene rings is 1. The van der Waals surface area contributed by atoms with Crippen LogP contribution in [-0.4, -0.2) is 41.7 Å². The predicted octanol–water partition coefficient (Wildman–Crippen LogP) is 1.30. The van der Waals surface area contributed by atoms with E-state index in [1.165, 1.54) is 0 Å². The second-order valence-corrected chi connectivity index (χ2v) is 5.56. The van der Waals surface area contributed by atoms with Crippen LogP contribution in [-0.2, 0) is 4.79 Å². The Balaban J connectivity index is 1.80. The number of rotatable bonds is 3. The number of nitrogens with one attached hydrogen (secondary N) is 1. The third-order valence-corrected chi connectivity index (χ3v) is 3.88. The number of oxazole rings is 1. The fourth-order valence-corrected chi connectivity index (χ4v) is 2.80. The summed E-state index contributed by atoms with van der Waals surface area (Å²) in [7, 11) is 1.58. The van der Waals surface area contributed by atoms with Gasteiger partial charge in [-0.1, -0.05) is 12.1 Å². The number of carbonyl (C=O) groups is 1. The molecule has 3 rings (SSSR count). The van der Waals surface area contributed by atoms with E-state index in [4.69, 9.17) is 4.42 Å². The van der Waals surface area contributed by atoms with Crippen molar-refractivity contribution in [3.63, 3.8) is 0 Å². The molecule has 2 aromatic rings. The third-order valence-electron chi connectivity index (χ3n) is 3.88. The molecule has 0 aliphatic carbocycles. The number of amides is 1. The molecule has 2 heterocycles. The summed E-state index contributed by atoms with van der Waals surface area (Å²) in [5, 5.41) is 13.2. The number of aliphatic hydroxyl groups is 1. The van der Waals surface area contributed by atoms with Crippen molar-refractivity contribution < 1.29 is 14.3 Å². The van der Waals surface area contributed by atoms with Gasteiger partial charge < -0.3 is 19.7 Å². The van der Waals surface area contributed by atoms with Gasteiger partial charge in [0.2, 0.25) is 5.91 Å². The summed E-state index contributed by atoms with van der Waals surface area (Å²) >= 11 is 0. The van der Waals surface area contributed by atoms with E-state index in [2.05, 4.69) is 10.3 Å². The second-order valence-electron chi connectivity index (χ2n) is 5.56. The van der Waals surface area contributed by atoms with Crippen LogP contribution >= 0.6 is 0 Å². The lowest BCUT2D eigenvalue weighted by Gasteiger charge is -2.38. The van der Waals surface area contributed by atoms with Crippen LogP contribution in [0.25, 0.3) is 11.1 Å². The van der Waals surface area contributed by atoms with Crippen LogP contribution in [0.4, 0.5) is 6.01 Å². The molecule has 0 spiro atoms. The van der Waals surface area contributed by atoms with Crippen molar-refractivity contribution in [2.45, 2.75) is 24.9 Å². The van der Waals surface area contributed by atoms with E-state index in [0.717, 1.165) is 24.1 Å². The number of hydrogen-bond acceptors (Lipinski definition) is 5. The standard InChI is InChI=1S/C15H19N3O3/c1-16-13(19)9-15(20)7-4-8-18(10-15)14-17-11-5-2-3-6-12(11)21-14/h2-3,5-6,20H,4,7-10H2,1H3,(H,16,19). The Labute approximate surface area is 122 Å². The Morgan fingerprint density at radius 1 is 1.52 bits per heavy atom. The van der Waals surface area contributed by atoms with Gasteiger partial charge in [-0.25, -0.2) is 0 Å². The third kappa shape index (κ3) is 2.85. The molecule has 1 aromatic heterocycles. The molecule has 0 saturated carbocycles. The first-order valence-electron chi connectivity index (χ1n) is 7.13. The minimum atomic E-state index is -1.03. The van der Waals surface area contributed by atoms with E-state index >= 15 is 0 Å². The zero-order valence-corrected chi connectivity index (χ0v) is 12.0. The fraction of sp³-hybridized carbons (Fsp3) is 0.467. The largest absolute Gasteiger partial charge is 0.423 e. The second kappa shape index (κ2) is 5.37. The molecular weight excluding hydrogens is 270 g/mol. The molecule has 0 radical (unpaired) electrons. The van der Waals surface area contributed by atoms with Crippen molar-refractivity contribution in [2.24, 2.45) is 0 Å². The predicted molar refractivity (Wildman–Crippen MR) is 79.1 cm³/mol. The number of carbonyl (C=O) groups excluding carboxylic acids is 1. The maximum Gasteiger partial charge on any atom is 0.298 e. The Hall–Kier alpha value is -2.08. The summed E-state index contributed by atoms with van der Waals surface area (Å²) in [5.74, 6) is -0.156. The SMILES string of the molecule is CNC(=O)CC1(O)CCCN(c2nc3ccccc3o2)C1. The van der Waals surface area contributed by atoms with Crippen LogP contribution in [0.1, 0.15) is 19.3 Å². The van der Waals surface area contributed by atoms with Crippen molar-refractivity contribution in [1.82, 2.24) is 10.3 Å². The quantitative estimate of drug-likeness (QED) is 0.890. The molecule has 1 saturated heterocycles. The molecule has 1 aromatic carbocycles. The molecule has 1 fully saturated rings. The van der Waals surface area contributed by atoms with Gasteiger partial charge in [-0.15, -0.1) is 0 Å². The van der Waals surface area contributed by atoms with Gasteiger partial charge in [-0.05, 0) is 25.0 Å². The number of aromatic nitrogens is 1. The summed E-state index contributed by atoms with van der Waals surface area (Å²) in [4.78, 5) is 17.9. The van der Waals surface area contributed by atoms with Crippen LogP contribution in [0, 0.1) is 0 Å². The molecule has 1 atom stereocenters. The van der Waals surface area contributed by atoms with Crippen molar-refractivity contribution in [3.8, 4) is 0 Å². The number of anilines is 1. The van der Waals surface area contributed by atoms with Gasteiger partial charge in [-0.2, -0.15) is 4.98 Å². The van der Waals surface area contributed by atoms with Crippen LogP contribution in [0.15, 0.2) is 28.7 Å². The summed E-state index contributed by atoms with van der Waals surface area (Å²) in [6, 6.07) is 8.07. The normalized spacial score (nSPS) is 22.5. The number of nitrogens with zero attached hydrogens (tertiary/aromatic N) is 2. The lowest BCUT2D eigenvalue weighted by molar-refractivity contribution is -0.126. The van der Waals surface area contributed by atoms with Gasteiger partial charge >= 0.3 is 0 Å². The van der Waals surface area contributed by atoms with Gasteiger partial charge in [0, 0.05) is 13.6 Å². The lowest BCUT2D eigenvalue weighted by atomic mass is 9.89. The monoisotopic (exact) mass is 289 g/mol. The Bertz CT molecular complexity index is 621. The summed E-state index contributed by atoms with van der Waals surface area (Å²) in [5.41, 5.74) is 0.500. The fourth-order valence-electron chi connectivity index (χ4n) is 2.80. The Morgan fingerprint density at radius 3 is 3.10 bits per heavy atom. The highest BCUT2D eigenvalue weighted by atomic mass is 16.4. The molecule has 21 heavy (non-hydrogen) atoms. The van der Waals surface area contributed by atoms with Crippen LogP contribution < -0.4 is 10.2 Å². The molecule has 6 heteroatoms. The minimum Gasteiger partial charge on any atom is -0.423 e. The zero-order chi connectivity index (χ0) is 14.9. The molecule has 0 bridgehead atoms. The number of para-hydroxylation sites is 2. The average molecular weight is 289 g/mol. The van der Waals surface area contributed by atoms with E-state index in [9.17, 15) is 9.90 Å². The smallest absolute Gasteiger partial charge is 0.298 e. The van der Waals surface area contributed by atoms with Gasteiger partial charge in [0.25, 0.3) is 6.01 Å². The van der Waals surface area contributed by atoms with E-state index in [-0.39, 0.29) is 12.3 Å². The van der Waals surface area contributed by atoms with E-state index in [1.54, 1.807) is 7.05 Å². The van der Waals surface area contributed by atoms with E-state index < -0.39 is 5.60 Å². The molecule has 1 aliphatic heterocycles. The summed E-state index contributed by atoms with van der Waals surface area (Å²) in [6.45, 7) is 1.12. The van der Waals surface area contributed by atoms with Crippen molar-refractivity contribution >= 4 is 23.0 Å². The first kappa shape index (κ1) is 13.9. The van der Waals surface area contributed by atoms with E-state index in [1.807, 2.05) is 29.2 Å². The highest BCUT2D eigenvalue weighted by molar-refractivity contribution is 5.77. The summed E-state index contributed by atoms with van der Waals surface area (Å²) < 4.78 is 5.74. The zero-order valence-electron chi connectivity index (χ0n) is 12.0. The van der Waals surface area contributed by atoms with Crippen molar-refractivity contribution in [1.29, 1.82) is 0 Å². The first-order valence-corrected chi connectivity index (χ1v) is 7.13. The molecular formula is C15H19N3O3. The topological polar surface area (TPSA) is 78.6 Å².